The second-order valence-electron chi connectivity index (χ2n) is 9.06. The lowest BCUT2D eigenvalue weighted by Crippen LogP contribution is -2.39. The SMILES string of the molecule is CCn1c([C@H]2CCCN(C(=O)c3ccccc3)C2)nc2c(N)nc3cc(-c4cc[nH]n4)ccc3c21. The van der Waals surface area contributed by atoms with E-state index in [0.29, 0.717) is 12.4 Å². The molecule has 2 aromatic carbocycles. The molecule has 0 bridgehead atoms. The lowest BCUT2D eigenvalue weighted by molar-refractivity contribution is 0.0703. The van der Waals surface area contributed by atoms with Crippen molar-refractivity contribution in [2.75, 3.05) is 18.8 Å². The molecule has 1 atom stereocenters. The topological polar surface area (TPSA) is 106 Å². The van der Waals surface area contributed by atoms with E-state index in [1.165, 1.54) is 0 Å². The summed E-state index contributed by atoms with van der Waals surface area (Å²) in [6.45, 7) is 4.29. The highest BCUT2D eigenvalue weighted by Crippen LogP contribution is 2.35. The number of hydrogen-bond donors (Lipinski definition) is 2. The molecular weight excluding hydrogens is 438 g/mol. The number of benzene rings is 2. The van der Waals surface area contributed by atoms with E-state index in [2.05, 4.69) is 33.8 Å². The van der Waals surface area contributed by atoms with Crippen LogP contribution in [0.2, 0.25) is 0 Å². The maximum atomic E-state index is 13.1. The first-order valence-electron chi connectivity index (χ1n) is 12.1. The van der Waals surface area contributed by atoms with Crippen molar-refractivity contribution in [2.24, 2.45) is 0 Å². The van der Waals surface area contributed by atoms with Gasteiger partial charge in [-0.05, 0) is 50.1 Å². The maximum absolute atomic E-state index is 13.1. The van der Waals surface area contributed by atoms with Gasteiger partial charge in [-0.3, -0.25) is 9.89 Å². The van der Waals surface area contributed by atoms with Crippen LogP contribution in [0.3, 0.4) is 0 Å². The number of anilines is 1. The maximum Gasteiger partial charge on any atom is 0.253 e. The fourth-order valence-electron chi connectivity index (χ4n) is 5.28. The Morgan fingerprint density at radius 2 is 2.00 bits per heavy atom. The van der Waals surface area contributed by atoms with Gasteiger partial charge in [-0.1, -0.05) is 24.3 Å². The van der Waals surface area contributed by atoms with Gasteiger partial charge < -0.3 is 15.2 Å². The van der Waals surface area contributed by atoms with Gasteiger partial charge in [0.2, 0.25) is 0 Å². The molecule has 0 radical (unpaired) electrons. The van der Waals surface area contributed by atoms with Crippen molar-refractivity contribution in [2.45, 2.75) is 32.2 Å². The van der Waals surface area contributed by atoms with Gasteiger partial charge >= 0.3 is 0 Å². The van der Waals surface area contributed by atoms with E-state index in [1.54, 1.807) is 6.20 Å². The predicted octanol–water partition coefficient (Wildman–Crippen LogP) is 4.60. The molecule has 1 saturated heterocycles. The van der Waals surface area contributed by atoms with Crippen molar-refractivity contribution >= 4 is 33.7 Å². The van der Waals surface area contributed by atoms with Gasteiger partial charge in [-0.2, -0.15) is 5.10 Å². The van der Waals surface area contributed by atoms with Crippen LogP contribution >= 0.6 is 0 Å². The van der Waals surface area contributed by atoms with Gasteiger partial charge in [0.1, 0.15) is 11.3 Å². The number of carbonyl (C=O) groups is 1. The molecule has 8 nitrogen and oxygen atoms in total. The fourth-order valence-corrected chi connectivity index (χ4v) is 5.28. The summed E-state index contributed by atoms with van der Waals surface area (Å²) in [6.07, 6.45) is 3.73. The molecule has 35 heavy (non-hydrogen) atoms. The molecule has 1 aliphatic rings. The third kappa shape index (κ3) is 3.62. The molecule has 8 heteroatoms. The molecule has 0 unspecified atom stereocenters. The minimum atomic E-state index is 0.0759. The first-order valence-corrected chi connectivity index (χ1v) is 12.1. The number of hydrogen-bond acceptors (Lipinski definition) is 5. The van der Waals surface area contributed by atoms with E-state index in [9.17, 15) is 4.79 Å². The number of fused-ring (bicyclic) bond motifs is 3. The number of rotatable bonds is 4. The van der Waals surface area contributed by atoms with Crippen molar-refractivity contribution in [1.82, 2.24) is 29.6 Å². The average molecular weight is 466 g/mol. The summed E-state index contributed by atoms with van der Waals surface area (Å²) in [4.78, 5) is 24.8. The number of nitrogens with zero attached hydrogens (tertiary/aromatic N) is 5. The largest absolute Gasteiger partial charge is 0.382 e. The molecule has 3 N–H and O–H groups in total. The monoisotopic (exact) mass is 465 g/mol. The van der Waals surface area contributed by atoms with Crippen molar-refractivity contribution in [3.8, 4) is 11.3 Å². The molecule has 5 aromatic rings. The first-order chi connectivity index (χ1) is 17.1. The molecule has 0 spiro atoms. The van der Waals surface area contributed by atoms with Crippen molar-refractivity contribution in [3.63, 3.8) is 0 Å². The van der Waals surface area contributed by atoms with Crippen LogP contribution < -0.4 is 5.73 Å². The molecule has 3 aromatic heterocycles. The Hall–Kier alpha value is -4.20. The van der Waals surface area contributed by atoms with Crippen molar-refractivity contribution in [3.05, 3.63) is 72.2 Å². The van der Waals surface area contributed by atoms with Crippen LogP contribution in [-0.2, 0) is 6.54 Å². The second kappa shape index (κ2) is 8.54. The fraction of sp³-hybridized carbons (Fsp3) is 0.259. The zero-order valence-electron chi connectivity index (χ0n) is 19.6. The predicted molar refractivity (Wildman–Crippen MR) is 137 cm³/mol. The van der Waals surface area contributed by atoms with E-state index >= 15 is 0 Å². The number of carbonyl (C=O) groups excluding carboxylic acids is 1. The van der Waals surface area contributed by atoms with Crippen LogP contribution in [0.1, 0.15) is 41.9 Å². The van der Waals surface area contributed by atoms with Crippen molar-refractivity contribution in [1.29, 1.82) is 0 Å². The van der Waals surface area contributed by atoms with Gasteiger partial charge in [0.05, 0.1) is 16.7 Å². The number of aromatic amines is 1. The van der Waals surface area contributed by atoms with Crippen LogP contribution in [0.25, 0.3) is 33.2 Å². The van der Waals surface area contributed by atoms with Crippen LogP contribution in [0, 0.1) is 0 Å². The summed E-state index contributed by atoms with van der Waals surface area (Å²) < 4.78 is 2.26. The highest BCUT2D eigenvalue weighted by Gasteiger charge is 2.30. The van der Waals surface area contributed by atoms with E-state index in [0.717, 1.165) is 70.5 Å². The molecule has 176 valence electrons. The summed E-state index contributed by atoms with van der Waals surface area (Å²) in [5.41, 5.74) is 11.6. The van der Waals surface area contributed by atoms with Gasteiger partial charge in [-0.15, -0.1) is 0 Å². The van der Waals surface area contributed by atoms with Gasteiger partial charge in [0.25, 0.3) is 5.91 Å². The smallest absolute Gasteiger partial charge is 0.253 e. The third-order valence-electron chi connectivity index (χ3n) is 6.94. The average Bonchev–Trinajstić information content (AvgIpc) is 3.57. The number of H-pyrrole nitrogens is 1. The number of aromatic nitrogens is 5. The first kappa shape index (κ1) is 21.3. The standard InChI is InChI=1S/C27H27N7O/c1-2-34-24-20-11-10-18(21-12-13-29-32-21)15-22(20)30-25(28)23(24)31-26(34)19-9-6-14-33(16-19)27(35)17-7-4-3-5-8-17/h3-5,7-8,10-13,15,19H,2,6,9,14,16H2,1H3,(H2,28,30)(H,29,32)/t19-/m0/s1. The molecule has 4 heterocycles. The molecular formula is C27H27N7O. The van der Waals surface area contributed by atoms with E-state index in [-0.39, 0.29) is 11.8 Å². The molecule has 6 rings (SSSR count). The number of imidazole rings is 1. The summed E-state index contributed by atoms with van der Waals surface area (Å²) in [5.74, 6) is 1.62. The van der Waals surface area contributed by atoms with E-state index in [4.69, 9.17) is 15.7 Å². The number of pyridine rings is 1. The molecule has 1 aliphatic heterocycles. The Labute approximate surface area is 202 Å². The van der Waals surface area contributed by atoms with Gasteiger partial charge in [0.15, 0.2) is 5.82 Å². The highest BCUT2D eigenvalue weighted by molar-refractivity contribution is 6.07. The minimum absolute atomic E-state index is 0.0759. The Kier molecular flexibility index (Phi) is 5.21. The number of nitrogen functional groups attached to an aromatic ring is 1. The Balaban J connectivity index is 1.42. The lowest BCUT2D eigenvalue weighted by atomic mass is 9.96. The lowest BCUT2D eigenvalue weighted by Gasteiger charge is -2.32. The number of nitrogens with one attached hydrogen (secondary N) is 1. The zero-order valence-corrected chi connectivity index (χ0v) is 19.6. The number of likely N-dealkylation sites (tertiary alicyclic amines) is 1. The number of aryl methyl sites for hydroxylation is 1. The highest BCUT2D eigenvalue weighted by atomic mass is 16.2. The second-order valence-corrected chi connectivity index (χ2v) is 9.06. The Morgan fingerprint density at radius 3 is 2.77 bits per heavy atom. The van der Waals surface area contributed by atoms with E-state index in [1.807, 2.05) is 47.4 Å². The number of nitrogens with two attached hydrogens (primary N) is 1. The van der Waals surface area contributed by atoms with Crippen LogP contribution in [0.15, 0.2) is 60.8 Å². The summed E-state index contributed by atoms with van der Waals surface area (Å²) >= 11 is 0. The van der Waals surface area contributed by atoms with E-state index < -0.39 is 0 Å². The van der Waals surface area contributed by atoms with Crippen molar-refractivity contribution < 1.29 is 4.79 Å². The molecule has 0 aliphatic carbocycles. The van der Waals surface area contributed by atoms with Crippen LogP contribution in [0.4, 0.5) is 5.82 Å². The third-order valence-corrected chi connectivity index (χ3v) is 6.94. The molecule has 0 saturated carbocycles. The summed E-state index contributed by atoms with van der Waals surface area (Å²) in [7, 11) is 0. The Morgan fingerprint density at radius 1 is 1.14 bits per heavy atom. The summed E-state index contributed by atoms with van der Waals surface area (Å²) in [6, 6.07) is 17.6. The van der Waals surface area contributed by atoms with Gasteiger partial charge in [-0.25, -0.2) is 9.97 Å². The number of amides is 1. The van der Waals surface area contributed by atoms with Crippen LogP contribution in [-0.4, -0.2) is 48.6 Å². The summed E-state index contributed by atoms with van der Waals surface area (Å²) in [5, 5.41) is 8.16. The quantitative estimate of drug-likeness (QED) is 0.404. The minimum Gasteiger partial charge on any atom is -0.382 e. The normalized spacial score (nSPS) is 16.3. The van der Waals surface area contributed by atoms with Gasteiger partial charge in [0, 0.05) is 48.3 Å². The molecule has 1 fully saturated rings. The molecule has 1 amide bonds. The zero-order chi connectivity index (χ0) is 23.9. The number of piperidine rings is 1. The Bertz CT molecular complexity index is 1520. The van der Waals surface area contributed by atoms with Crippen LogP contribution in [0.5, 0.6) is 0 Å².